The van der Waals surface area contributed by atoms with Gasteiger partial charge >= 0.3 is 0 Å². The van der Waals surface area contributed by atoms with Crippen molar-refractivity contribution in [3.8, 4) is 5.75 Å². The molecule has 6 heteroatoms. The largest absolute Gasteiger partial charge is 0.483 e. The first-order valence-corrected chi connectivity index (χ1v) is 5.92. The van der Waals surface area contributed by atoms with Crippen LogP contribution < -0.4 is 10.5 Å². The van der Waals surface area contributed by atoms with Crippen LogP contribution in [0.5, 0.6) is 5.75 Å². The zero-order valence-corrected chi connectivity index (χ0v) is 10.8. The Bertz CT molecular complexity index is 578. The Kier molecular flexibility index (Phi) is 3.79. The highest BCUT2D eigenvalue weighted by molar-refractivity contribution is 5.95. The molecule has 1 heterocycles. The minimum absolute atomic E-state index is 0.101. The number of rotatable bonds is 5. The summed E-state index contributed by atoms with van der Waals surface area (Å²) in [5.74, 6) is 0.951. The number of benzene rings is 1. The maximum absolute atomic E-state index is 11.2. The number of carbonyl (C=O) groups excluding carboxylic acids is 1. The van der Waals surface area contributed by atoms with Crippen molar-refractivity contribution < 1.29 is 13.9 Å². The van der Waals surface area contributed by atoms with E-state index in [1.165, 1.54) is 0 Å². The molecule has 0 bridgehead atoms. The highest BCUT2D eigenvalue weighted by Gasteiger charge is 2.12. The summed E-state index contributed by atoms with van der Waals surface area (Å²) in [6.45, 7) is 4.02. The third-order valence-corrected chi connectivity index (χ3v) is 2.48. The Morgan fingerprint density at radius 2 is 2.11 bits per heavy atom. The van der Waals surface area contributed by atoms with E-state index in [0.29, 0.717) is 23.1 Å². The van der Waals surface area contributed by atoms with Gasteiger partial charge in [-0.2, -0.15) is 0 Å². The van der Waals surface area contributed by atoms with E-state index < -0.39 is 5.91 Å². The second-order valence-corrected chi connectivity index (χ2v) is 4.34. The zero-order valence-electron chi connectivity index (χ0n) is 10.8. The summed E-state index contributed by atoms with van der Waals surface area (Å²) in [6, 6.07) is 6.75. The molecule has 0 aliphatic heterocycles. The summed E-state index contributed by atoms with van der Waals surface area (Å²) in [7, 11) is 0. The maximum atomic E-state index is 11.2. The van der Waals surface area contributed by atoms with Gasteiger partial charge in [-0.25, -0.2) is 0 Å². The molecule has 0 aliphatic rings. The molecule has 0 fully saturated rings. The Morgan fingerprint density at radius 1 is 1.37 bits per heavy atom. The predicted octanol–water partition coefficient (Wildman–Crippen LogP) is 1.87. The van der Waals surface area contributed by atoms with E-state index >= 15 is 0 Å². The molecule has 0 saturated carbocycles. The lowest BCUT2D eigenvalue weighted by atomic mass is 10.2. The van der Waals surface area contributed by atoms with Gasteiger partial charge in [0.25, 0.3) is 11.8 Å². The van der Waals surface area contributed by atoms with Crippen molar-refractivity contribution in [3.05, 3.63) is 41.6 Å². The van der Waals surface area contributed by atoms with E-state index in [2.05, 4.69) is 10.2 Å². The summed E-state index contributed by atoms with van der Waals surface area (Å²) < 4.78 is 10.9. The van der Waals surface area contributed by atoms with Crippen LogP contribution in [0.3, 0.4) is 0 Å². The Balaban J connectivity index is 2.08. The topological polar surface area (TPSA) is 91.2 Å². The molecule has 0 spiro atoms. The van der Waals surface area contributed by atoms with Gasteiger partial charge in [-0.1, -0.05) is 26.0 Å². The number of nitrogens with zero attached hydrogens (tertiary/aromatic N) is 2. The third-order valence-electron chi connectivity index (χ3n) is 2.48. The van der Waals surface area contributed by atoms with Crippen LogP contribution in [0.4, 0.5) is 0 Å². The van der Waals surface area contributed by atoms with Crippen LogP contribution in [0.15, 0.2) is 28.7 Å². The van der Waals surface area contributed by atoms with E-state index in [4.69, 9.17) is 14.9 Å². The first-order valence-electron chi connectivity index (χ1n) is 5.92. The monoisotopic (exact) mass is 261 g/mol. The molecule has 1 aromatic heterocycles. The van der Waals surface area contributed by atoms with Crippen molar-refractivity contribution in [2.75, 3.05) is 0 Å². The number of carbonyl (C=O) groups is 1. The summed E-state index contributed by atoms with van der Waals surface area (Å²) in [5, 5.41) is 7.77. The fraction of sp³-hybridized carbons (Fsp3) is 0.308. The normalized spacial score (nSPS) is 10.7. The zero-order chi connectivity index (χ0) is 13.8. The molecule has 6 nitrogen and oxygen atoms in total. The van der Waals surface area contributed by atoms with Gasteiger partial charge in [0.1, 0.15) is 5.75 Å². The van der Waals surface area contributed by atoms with Crippen molar-refractivity contribution in [1.29, 1.82) is 0 Å². The van der Waals surface area contributed by atoms with Gasteiger partial charge in [0.15, 0.2) is 6.61 Å². The first kappa shape index (κ1) is 13.1. The number of hydrogen-bond donors (Lipinski definition) is 1. The van der Waals surface area contributed by atoms with Crippen LogP contribution >= 0.6 is 0 Å². The smallest absolute Gasteiger partial charge is 0.253 e. The summed E-state index contributed by atoms with van der Waals surface area (Å²) in [6.07, 6.45) is 0. The van der Waals surface area contributed by atoms with Gasteiger partial charge < -0.3 is 14.9 Å². The molecular formula is C13H15N3O3. The molecule has 1 aromatic carbocycles. The van der Waals surface area contributed by atoms with Crippen LogP contribution in [0.1, 0.15) is 41.9 Å². The van der Waals surface area contributed by atoms with Crippen molar-refractivity contribution in [3.63, 3.8) is 0 Å². The standard InChI is InChI=1S/C13H15N3O3/c1-8(2)13-16-15-11(19-13)7-18-10-6-4-3-5-9(10)12(14)17/h3-6,8H,7H2,1-2H3,(H2,14,17). The van der Waals surface area contributed by atoms with Gasteiger partial charge in [-0.15, -0.1) is 10.2 Å². The molecular weight excluding hydrogens is 246 g/mol. The molecule has 2 N–H and O–H groups in total. The number of aromatic nitrogens is 2. The quantitative estimate of drug-likeness (QED) is 0.887. The Morgan fingerprint density at radius 3 is 2.74 bits per heavy atom. The van der Waals surface area contributed by atoms with Crippen molar-refractivity contribution >= 4 is 5.91 Å². The van der Waals surface area contributed by atoms with Gasteiger partial charge in [0, 0.05) is 5.92 Å². The van der Waals surface area contributed by atoms with E-state index in [9.17, 15) is 4.79 Å². The van der Waals surface area contributed by atoms with E-state index in [1.54, 1.807) is 24.3 Å². The predicted molar refractivity (Wildman–Crippen MR) is 67.7 cm³/mol. The molecule has 1 amide bonds. The van der Waals surface area contributed by atoms with Gasteiger partial charge in [0.05, 0.1) is 5.56 Å². The molecule has 0 saturated heterocycles. The molecule has 100 valence electrons. The van der Waals surface area contributed by atoms with Crippen LogP contribution in [0, 0.1) is 0 Å². The lowest BCUT2D eigenvalue weighted by Gasteiger charge is -2.06. The van der Waals surface area contributed by atoms with E-state index in [1.807, 2.05) is 13.8 Å². The van der Waals surface area contributed by atoms with Gasteiger partial charge in [-0.05, 0) is 12.1 Å². The fourth-order valence-corrected chi connectivity index (χ4v) is 1.49. The molecule has 0 atom stereocenters. The minimum atomic E-state index is -0.538. The number of para-hydroxylation sites is 1. The van der Waals surface area contributed by atoms with Crippen molar-refractivity contribution in [2.45, 2.75) is 26.4 Å². The van der Waals surface area contributed by atoms with Crippen molar-refractivity contribution in [2.24, 2.45) is 5.73 Å². The lowest BCUT2D eigenvalue weighted by Crippen LogP contribution is -2.12. The molecule has 19 heavy (non-hydrogen) atoms. The van der Waals surface area contributed by atoms with Gasteiger partial charge in [0.2, 0.25) is 5.89 Å². The summed E-state index contributed by atoms with van der Waals surface area (Å²) in [4.78, 5) is 11.2. The highest BCUT2D eigenvalue weighted by Crippen LogP contribution is 2.19. The second-order valence-electron chi connectivity index (χ2n) is 4.34. The van der Waals surface area contributed by atoms with E-state index in [-0.39, 0.29) is 12.5 Å². The fourth-order valence-electron chi connectivity index (χ4n) is 1.49. The van der Waals surface area contributed by atoms with Crippen LogP contribution in [0.25, 0.3) is 0 Å². The highest BCUT2D eigenvalue weighted by atomic mass is 16.5. The lowest BCUT2D eigenvalue weighted by molar-refractivity contribution is 0.0995. The molecule has 2 aromatic rings. The molecule has 0 unspecified atom stereocenters. The number of hydrogen-bond acceptors (Lipinski definition) is 5. The van der Waals surface area contributed by atoms with Crippen molar-refractivity contribution in [1.82, 2.24) is 10.2 Å². The first-order chi connectivity index (χ1) is 9.08. The summed E-state index contributed by atoms with van der Waals surface area (Å²) in [5.41, 5.74) is 5.58. The van der Waals surface area contributed by atoms with Gasteiger partial charge in [-0.3, -0.25) is 4.79 Å². The minimum Gasteiger partial charge on any atom is -0.483 e. The average molecular weight is 261 g/mol. The number of primary amides is 1. The number of ether oxygens (including phenoxy) is 1. The van der Waals surface area contributed by atoms with Crippen LogP contribution in [-0.2, 0) is 6.61 Å². The maximum Gasteiger partial charge on any atom is 0.253 e. The van der Waals surface area contributed by atoms with E-state index in [0.717, 1.165) is 0 Å². The second kappa shape index (κ2) is 5.51. The average Bonchev–Trinajstić information content (AvgIpc) is 2.85. The third kappa shape index (κ3) is 3.09. The molecule has 2 rings (SSSR count). The molecule has 0 aliphatic carbocycles. The number of amides is 1. The Labute approximate surface area is 110 Å². The molecule has 0 radical (unpaired) electrons. The number of nitrogens with two attached hydrogens (primary N) is 1. The summed E-state index contributed by atoms with van der Waals surface area (Å²) >= 11 is 0. The SMILES string of the molecule is CC(C)c1nnc(COc2ccccc2C(N)=O)o1. The Hall–Kier alpha value is -2.37. The van der Waals surface area contributed by atoms with Crippen LogP contribution in [0.2, 0.25) is 0 Å². The van der Waals surface area contributed by atoms with Crippen LogP contribution in [-0.4, -0.2) is 16.1 Å².